The average molecular weight is 303 g/mol. The molecule has 1 amide bonds. The standard InChI is InChI=1S/C18H25NO3/c1-21-17-12-7-13-19(17)18(20)22-16-11-6-5-10-15(16)14-8-3-2-4-9-14/h2-4,8-9,15-17H,5-7,10-13H2,1H3/t15-,16+,17?/m0/s1. The number of nitrogens with zero attached hydrogens (tertiary/aromatic N) is 1. The molecule has 4 heteroatoms. The number of amides is 1. The summed E-state index contributed by atoms with van der Waals surface area (Å²) in [6.45, 7) is 0.736. The molecule has 2 fully saturated rings. The van der Waals surface area contributed by atoms with Gasteiger partial charge in [0.2, 0.25) is 0 Å². The van der Waals surface area contributed by atoms with Crippen molar-refractivity contribution in [2.45, 2.75) is 56.8 Å². The highest BCUT2D eigenvalue weighted by Gasteiger charge is 2.34. The molecule has 22 heavy (non-hydrogen) atoms. The van der Waals surface area contributed by atoms with Gasteiger partial charge in [0, 0.05) is 19.6 Å². The van der Waals surface area contributed by atoms with Gasteiger partial charge in [-0.15, -0.1) is 0 Å². The molecule has 1 heterocycles. The lowest BCUT2D eigenvalue weighted by Crippen LogP contribution is -2.40. The van der Waals surface area contributed by atoms with Gasteiger partial charge in [0.05, 0.1) is 0 Å². The van der Waals surface area contributed by atoms with Gasteiger partial charge < -0.3 is 9.47 Å². The van der Waals surface area contributed by atoms with Crippen LogP contribution >= 0.6 is 0 Å². The van der Waals surface area contributed by atoms with Crippen molar-refractivity contribution in [1.29, 1.82) is 0 Å². The molecule has 120 valence electrons. The SMILES string of the molecule is COC1CCCN1C(=O)O[C@@H]1CCCC[C@H]1c1ccccc1. The van der Waals surface area contributed by atoms with E-state index >= 15 is 0 Å². The molecule has 1 aliphatic heterocycles. The Bertz CT molecular complexity index is 490. The number of hydrogen-bond acceptors (Lipinski definition) is 3. The van der Waals surface area contributed by atoms with Crippen molar-refractivity contribution in [1.82, 2.24) is 4.90 Å². The summed E-state index contributed by atoms with van der Waals surface area (Å²) in [6, 6.07) is 10.4. The molecule has 1 saturated carbocycles. The monoisotopic (exact) mass is 303 g/mol. The Hall–Kier alpha value is -1.55. The van der Waals surface area contributed by atoms with Crippen LogP contribution in [-0.2, 0) is 9.47 Å². The number of ether oxygens (including phenoxy) is 2. The first kappa shape index (κ1) is 15.3. The normalized spacial score (nSPS) is 28.6. The molecule has 1 aromatic carbocycles. The summed E-state index contributed by atoms with van der Waals surface area (Å²) in [7, 11) is 1.66. The first-order chi connectivity index (χ1) is 10.8. The zero-order chi connectivity index (χ0) is 15.4. The Morgan fingerprint density at radius 2 is 1.86 bits per heavy atom. The highest BCUT2D eigenvalue weighted by atomic mass is 16.6. The van der Waals surface area contributed by atoms with Crippen LogP contribution in [0, 0.1) is 0 Å². The van der Waals surface area contributed by atoms with Crippen molar-refractivity contribution >= 4 is 6.09 Å². The van der Waals surface area contributed by atoms with Crippen molar-refractivity contribution in [3.05, 3.63) is 35.9 Å². The van der Waals surface area contributed by atoms with Gasteiger partial charge in [-0.3, -0.25) is 4.90 Å². The van der Waals surface area contributed by atoms with Gasteiger partial charge in [0.25, 0.3) is 0 Å². The number of methoxy groups -OCH3 is 1. The molecule has 3 atom stereocenters. The van der Waals surface area contributed by atoms with E-state index in [0.29, 0.717) is 5.92 Å². The van der Waals surface area contributed by atoms with Crippen LogP contribution in [0.25, 0.3) is 0 Å². The molecule has 2 aliphatic rings. The van der Waals surface area contributed by atoms with Gasteiger partial charge in [0.1, 0.15) is 12.3 Å². The van der Waals surface area contributed by atoms with E-state index in [4.69, 9.17) is 9.47 Å². The van der Waals surface area contributed by atoms with E-state index in [1.807, 2.05) is 6.07 Å². The van der Waals surface area contributed by atoms with Gasteiger partial charge in [0.15, 0.2) is 0 Å². The largest absolute Gasteiger partial charge is 0.445 e. The zero-order valence-electron chi connectivity index (χ0n) is 13.2. The van der Waals surface area contributed by atoms with Crippen molar-refractivity contribution in [2.75, 3.05) is 13.7 Å². The third kappa shape index (κ3) is 3.27. The van der Waals surface area contributed by atoms with Gasteiger partial charge in [-0.2, -0.15) is 0 Å². The molecule has 0 bridgehead atoms. The van der Waals surface area contributed by atoms with E-state index in [0.717, 1.165) is 38.6 Å². The quantitative estimate of drug-likeness (QED) is 0.849. The van der Waals surface area contributed by atoms with Crippen LogP contribution in [0.5, 0.6) is 0 Å². The van der Waals surface area contributed by atoms with Crippen LogP contribution in [0.3, 0.4) is 0 Å². The second-order valence-electron chi connectivity index (χ2n) is 6.25. The minimum absolute atomic E-state index is 0.0123. The minimum atomic E-state index is -0.211. The van der Waals surface area contributed by atoms with Crippen LogP contribution in [-0.4, -0.2) is 37.0 Å². The molecule has 0 N–H and O–H groups in total. The van der Waals surface area contributed by atoms with Crippen molar-refractivity contribution in [2.24, 2.45) is 0 Å². The van der Waals surface area contributed by atoms with Crippen LogP contribution in [0.4, 0.5) is 4.79 Å². The predicted molar refractivity (Wildman–Crippen MR) is 84.7 cm³/mol. The van der Waals surface area contributed by atoms with Gasteiger partial charge in [-0.05, 0) is 37.7 Å². The van der Waals surface area contributed by atoms with Crippen molar-refractivity contribution in [3.63, 3.8) is 0 Å². The van der Waals surface area contributed by atoms with Crippen LogP contribution < -0.4 is 0 Å². The zero-order valence-corrected chi connectivity index (χ0v) is 13.2. The van der Waals surface area contributed by atoms with E-state index in [1.54, 1.807) is 12.0 Å². The summed E-state index contributed by atoms with van der Waals surface area (Å²) in [4.78, 5) is 14.2. The van der Waals surface area contributed by atoms with E-state index in [2.05, 4.69) is 24.3 Å². The molecule has 0 radical (unpaired) electrons. The summed E-state index contributed by atoms with van der Waals surface area (Å²) in [5.74, 6) is 0.322. The lowest BCUT2D eigenvalue weighted by atomic mass is 9.81. The topological polar surface area (TPSA) is 38.8 Å². The Kier molecular flexibility index (Phi) is 4.98. The number of hydrogen-bond donors (Lipinski definition) is 0. The van der Waals surface area contributed by atoms with E-state index < -0.39 is 0 Å². The highest BCUT2D eigenvalue weighted by molar-refractivity contribution is 5.68. The second kappa shape index (κ2) is 7.14. The first-order valence-corrected chi connectivity index (χ1v) is 8.34. The molecule has 1 saturated heterocycles. The fourth-order valence-electron chi connectivity index (χ4n) is 3.71. The Morgan fingerprint density at radius 1 is 1.09 bits per heavy atom. The van der Waals surface area contributed by atoms with Crippen molar-refractivity contribution < 1.29 is 14.3 Å². The predicted octanol–water partition coefficient (Wildman–Crippen LogP) is 3.92. The highest BCUT2D eigenvalue weighted by Crippen LogP contribution is 2.35. The van der Waals surface area contributed by atoms with Gasteiger partial charge in [-0.1, -0.05) is 36.8 Å². The molecule has 4 nitrogen and oxygen atoms in total. The fourth-order valence-corrected chi connectivity index (χ4v) is 3.71. The summed E-state index contributed by atoms with van der Waals surface area (Å²) in [5, 5.41) is 0. The maximum absolute atomic E-state index is 12.5. The average Bonchev–Trinajstić information content (AvgIpc) is 3.05. The van der Waals surface area contributed by atoms with Crippen LogP contribution in [0.1, 0.15) is 50.0 Å². The van der Waals surface area contributed by atoms with Gasteiger partial charge in [-0.25, -0.2) is 4.79 Å². The number of carbonyl (C=O) groups excluding carboxylic acids is 1. The summed E-state index contributed by atoms with van der Waals surface area (Å²) < 4.78 is 11.3. The number of carbonyl (C=O) groups is 1. The van der Waals surface area contributed by atoms with Gasteiger partial charge >= 0.3 is 6.09 Å². The molecular weight excluding hydrogens is 278 g/mol. The lowest BCUT2D eigenvalue weighted by Gasteiger charge is -2.33. The molecule has 1 aliphatic carbocycles. The maximum Gasteiger partial charge on any atom is 0.412 e. The third-order valence-corrected chi connectivity index (χ3v) is 4.89. The molecule has 1 unspecified atom stereocenters. The number of rotatable bonds is 3. The first-order valence-electron chi connectivity index (χ1n) is 8.34. The van der Waals surface area contributed by atoms with Crippen LogP contribution in [0.2, 0.25) is 0 Å². The summed E-state index contributed by atoms with van der Waals surface area (Å²) in [6.07, 6.45) is 5.93. The van der Waals surface area contributed by atoms with E-state index in [-0.39, 0.29) is 18.4 Å². The molecule has 0 spiro atoms. The molecule has 0 aromatic heterocycles. The van der Waals surface area contributed by atoms with E-state index in [1.165, 1.54) is 12.0 Å². The molecular formula is C18H25NO3. The molecule has 3 rings (SSSR count). The van der Waals surface area contributed by atoms with Crippen molar-refractivity contribution in [3.8, 4) is 0 Å². The fraction of sp³-hybridized carbons (Fsp3) is 0.611. The Balaban J connectivity index is 1.68. The number of benzene rings is 1. The smallest absolute Gasteiger partial charge is 0.412 e. The molecule has 1 aromatic rings. The second-order valence-corrected chi connectivity index (χ2v) is 6.25. The summed E-state index contributed by atoms with van der Waals surface area (Å²) >= 11 is 0. The van der Waals surface area contributed by atoms with E-state index in [9.17, 15) is 4.79 Å². The number of likely N-dealkylation sites (tertiary alicyclic amines) is 1. The lowest BCUT2D eigenvalue weighted by molar-refractivity contribution is -0.0249. The Labute approximate surface area is 132 Å². The Morgan fingerprint density at radius 3 is 2.64 bits per heavy atom. The van der Waals surface area contributed by atoms with Crippen LogP contribution in [0.15, 0.2) is 30.3 Å². The third-order valence-electron chi connectivity index (χ3n) is 4.89. The maximum atomic E-state index is 12.5. The summed E-state index contributed by atoms with van der Waals surface area (Å²) in [5.41, 5.74) is 1.28. The minimum Gasteiger partial charge on any atom is -0.445 e.